The molecule has 6 nitrogen and oxygen atoms in total. The zero-order valence-electron chi connectivity index (χ0n) is 14.2. The highest BCUT2D eigenvalue weighted by atomic mass is 32.2. The van der Waals surface area contributed by atoms with E-state index >= 15 is 0 Å². The summed E-state index contributed by atoms with van der Waals surface area (Å²) in [5.74, 6) is -0.562. The summed E-state index contributed by atoms with van der Waals surface area (Å²) < 4.78 is 39.9. The van der Waals surface area contributed by atoms with Gasteiger partial charge in [0.05, 0.1) is 4.90 Å². The standard InChI is InChI=1S/C18H20FN3O3S/c1-12(18(23)21-15-4-5-15)20-14-6-8-16(9-7-14)22-26(24,25)17-10-2-13(19)3-11-17/h2-3,6-12,15,20,22H,4-5H2,1H3,(H,21,23)/t12-/m0/s1. The van der Waals surface area contributed by atoms with E-state index in [0.29, 0.717) is 17.4 Å². The zero-order valence-corrected chi connectivity index (χ0v) is 15.0. The molecule has 26 heavy (non-hydrogen) atoms. The average Bonchev–Trinajstić information content (AvgIpc) is 3.40. The third-order valence-electron chi connectivity index (χ3n) is 3.96. The number of carbonyl (C=O) groups is 1. The summed E-state index contributed by atoms with van der Waals surface area (Å²) in [6.07, 6.45) is 2.06. The van der Waals surface area contributed by atoms with Crippen LogP contribution < -0.4 is 15.4 Å². The lowest BCUT2D eigenvalue weighted by Crippen LogP contribution is -2.38. The maximum Gasteiger partial charge on any atom is 0.261 e. The molecule has 3 rings (SSSR count). The second-order valence-corrected chi connectivity index (χ2v) is 7.97. The monoisotopic (exact) mass is 377 g/mol. The van der Waals surface area contributed by atoms with E-state index in [1.807, 2.05) is 0 Å². The smallest absolute Gasteiger partial charge is 0.261 e. The Morgan fingerprint density at radius 3 is 2.19 bits per heavy atom. The lowest BCUT2D eigenvalue weighted by Gasteiger charge is -2.15. The van der Waals surface area contributed by atoms with Crippen LogP contribution in [0.25, 0.3) is 0 Å². The quantitative estimate of drug-likeness (QED) is 0.692. The van der Waals surface area contributed by atoms with Crippen molar-refractivity contribution in [3.8, 4) is 0 Å². The van der Waals surface area contributed by atoms with Crippen LogP contribution in [0.15, 0.2) is 53.4 Å². The molecular weight excluding hydrogens is 357 g/mol. The first-order chi connectivity index (χ1) is 12.3. The Bertz CT molecular complexity index is 879. The van der Waals surface area contributed by atoms with Crippen LogP contribution in [0.3, 0.4) is 0 Å². The molecule has 2 aromatic rings. The van der Waals surface area contributed by atoms with Crippen molar-refractivity contribution >= 4 is 27.3 Å². The van der Waals surface area contributed by atoms with Crippen LogP contribution in [0.1, 0.15) is 19.8 Å². The first kappa shape index (κ1) is 18.2. The number of hydrogen-bond acceptors (Lipinski definition) is 4. The summed E-state index contributed by atoms with van der Waals surface area (Å²) in [6.45, 7) is 1.77. The van der Waals surface area contributed by atoms with Crippen LogP contribution in [0.5, 0.6) is 0 Å². The van der Waals surface area contributed by atoms with Crippen LogP contribution in [-0.4, -0.2) is 26.4 Å². The summed E-state index contributed by atoms with van der Waals surface area (Å²) >= 11 is 0. The van der Waals surface area contributed by atoms with Crippen LogP contribution in [-0.2, 0) is 14.8 Å². The Morgan fingerprint density at radius 1 is 1.04 bits per heavy atom. The largest absolute Gasteiger partial charge is 0.374 e. The number of benzene rings is 2. The van der Waals surface area contributed by atoms with Gasteiger partial charge < -0.3 is 10.6 Å². The van der Waals surface area contributed by atoms with Gasteiger partial charge in [0, 0.05) is 17.4 Å². The number of amides is 1. The predicted molar refractivity (Wildman–Crippen MR) is 97.9 cm³/mol. The van der Waals surface area contributed by atoms with Crippen molar-refractivity contribution in [1.29, 1.82) is 0 Å². The van der Waals surface area contributed by atoms with Crippen molar-refractivity contribution in [3.05, 3.63) is 54.3 Å². The van der Waals surface area contributed by atoms with Gasteiger partial charge in [-0.3, -0.25) is 9.52 Å². The van der Waals surface area contributed by atoms with Crippen LogP contribution in [0, 0.1) is 5.82 Å². The first-order valence-electron chi connectivity index (χ1n) is 8.29. The highest BCUT2D eigenvalue weighted by molar-refractivity contribution is 7.92. The van der Waals surface area contributed by atoms with Crippen LogP contribution in [0.2, 0.25) is 0 Å². The molecule has 1 saturated carbocycles. The van der Waals surface area contributed by atoms with E-state index in [0.717, 1.165) is 25.0 Å². The molecule has 1 fully saturated rings. The van der Waals surface area contributed by atoms with Gasteiger partial charge in [0.25, 0.3) is 10.0 Å². The molecular formula is C18H20FN3O3S. The Labute approximate surface area is 151 Å². The Kier molecular flexibility index (Phi) is 5.13. The van der Waals surface area contributed by atoms with Crippen molar-refractivity contribution in [2.75, 3.05) is 10.0 Å². The minimum atomic E-state index is -3.79. The summed E-state index contributed by atoms with van der Waals surface area (Å²) in [4.78, 5) is 11.9. The second-order valence-electron chi connectivity index (χ2n) is 6.29. The van der Waals surface area contributed by atoms with Gasteiger partial charge >= 0.3 is 0 Å². The molecule has 0 unspecified atom stereocenters. The van der Waals surface area contributed by atoms with Crippen molar-refractivity contribution in [2.45, 2.75) is 36.7 Å². The number of nitrogens with one attached hydrogen (secondary N) is 3. The molecule has 138 valence electrons. The Hall–Kier alpha value is -2.61. The molecule has 2 aromatic carbocycles. The van der Waals surface area contributed by atoms with Gasteiger partial charge in [0.1, 0.15) is 11.9 Å². The van der Waals surface area contributed by atoms with Gasteiger partial charge in [-0.2, -0.15) is 0 Å². The molecule has 0 bridgehead atoms. The number of carbonyl (C=O) groups excluding carboxylic acids is 1. The van der Waals surface area contributed by atoms with E-state index in [2.05, 4.69) is 15.4 Å². The van der Waals surface area contributed by atoms with Gasteiger partial charge in [-0.05, 0) is 68.3 Å². The lowest BCUT2D eigenvalue weighted by molar-refractivity contribution is -0.121. The fourth-order valence-corrected chi connectivity index (χ4v) is 3.39. The number of sulfonamides is 1. The van der Waals surface area contributed by atoms with Gasteiger partial charge in [0.2, 0.25) is 5.91 Å². The molecule has 0 heterocycles. The maximum absolute atomic E-state index is 12.9. The summed E-state index contributed by atoms with van der Waals surface area (Å²) in [5, 5.41) is 5.99. The normalized spacial score (nSPS) is 15.2. The van der Waals surface area contributed by atoms with Gasteiger partial charge in [0.15, 0.2) is 0 Å². The van der Waals surface area contributed by atoms with E-state index in [9.17, 15) is 17.6 Å². The lowest BCUT2D eigenvalue weighted by atomic mass is 10.2. The molecule has 0 saturated heterocycles. The maximum atomic E-state index is 12.9. The second kappa shape index (κ2) is 7.33. The van der Waals surface area contributed by atoms with E-state index in [-0.39, 0.29) is 10.8 Å². The van der Waals surface area contributed by atoms with Gasteiger partial charge in [-0.15, -0.1) is 0 Å². The number of anilines is 2. The van der Waals surface area contributed by atoms with E-state index in [4.69, 9.17) is 0 Å². The predicted octanol–water partition coefficient (Wildman–Crippen LogP) is 2.71. The zero-order chi connectivity index (χ0) is 18.7. The molecule has 3 N–H and O–H groups in total. The van der Waals surface area contributed by atoms with Crippen molar-refractivity contribution in [3.63, 3.8) is 0 Å². The van der Waals surface area contributed by atoms with E-state index < -0.39 is 21.9 Å². The van der Waals surface area contributed by atoms with E-state index in [1.165, 1.54) is 12.1 Å². The molecule has 1 amide bonds. The summed E-state index contributed by atoms with van der Waals surface area (Å²) in [6, 6.07) is 11.1. The number of halogens is 1. The van der Waals surface area contributed by atoms with E-state index in [1.54, 1.807) is 31.2 Å². The van der Waals surface area contributed by atoms with Crippen LogP contribution in [0.4, 0.5) is 15.8 Å². The number of rotatable bonds is 7. The fourth-order valence-electron chi connectivity index (χ4n) is 2.33. The SMILES string of the molecule is C[C@H](Nc1ccc(NS(=O)(=O)c2ccc(F)cc2)cc1)C(=O)NC1CC1. The highest BCUT2D eigenvalue weighted by Crippen LogP contribution is 2.20. The molecule has 1 aliphatic carbocycles. The summed E-state index contributed by atoms with van der Waals surface area (Å²) in [7, 11) is -3.79. The fraction of sp³-hybridized carbons (Fsp3) is 0.278. The molecule has 0 aliphatic heterocycles. The van der Waals surface area contributed by atoms with Gasteiger partial charge in [-0.1, -0.05) is 0 Å². The third kappa shape index (κ3) is 4.72. The molecule has 0 spiro atoms. The highest BCUT2D eigenvalue weighted by Gasteiger charge is 2.25. The number of hydrogen-bond donors (Lipinski definition) is 3. The average molecular weight is 377 g/mol. The molecule has 8 heteroatoms. The van der Waals surface area contributed by atoms with Crippen molar-refractivity contribution < 1.29 is 17.6 Å². The van der Waals surface area contributed by atoms with Gasteiger partial charge in [-0.25, -0.2) is 12.8 Å². The topological polar surface area (TPSA) is 87.3 Å². The molecule has 1 atom stereocenters. The Morgan fingerprint density at radius 2 is 1.62 bits per heavy atom. The van der Waals surface area contributed by atoms with Crippen molar-refractivity contribution in [1.82, 2.24) is 5.32 Å². The first-order valence-corrected chi connectivity index (χ1v) is 9.77. The Balaban J connectivity index is 1.61. The minimum Gasteiger partial charge on any atom is -0.374 e. The minimum absolute atomic E-state index is 0.0218. The third-order valence-corrected chi connectivity index (χ3v) is 5.36. The molecule has 0 aromatic heterocycles. The van der Waals surface area contributed by atoms with Crippen molar-refractivity contribution in [2.24, 2.45) is 0 Å². The summed E-state index contributed by atoms with van der Waals surface area (Å²) in [5.41, 5.74) is 1.07. The molecule has 0 radical (unpaired) electrons. The molecule has 1 aliphatic rings. The van der Waals surface area contributed by atoms with Crippen LogP contribution >= 0.6 is 0 Å².